The summed E-state index contributed by atoms with van der Waals surface area (Å²) in [5.41, 5.74) is 4.52. The zero-order valence-electron chi connectivity index (χ0n) is 20.5. The maximum absolute atomic E-state index is 9.72. The van der Waals surface area contributed by atoms with Gasteiger partial charge in [-0.15, -0.1) is 0 Å². The van der Waals surface area contributed by atoms with Crippen LogP contribution in [0, 0.1) is 11.3 Å². The maximum Gasteiger partial charge on any atom is 0.137 e. The summed E-state index contributed by atoms with van der Waals surface area (Å²) in [4.78, 5) is 11.6. The first kappa shape index (κ1) is 28.3. The minimum absolute atomic E-state index is 0. The largest absolute Gasteiger partial charge is 0.488 e. The zero-order chi connectivity index (χ0) is 24.0. The summed E-state index contributed by atoms with van der Waals surface area (Å²) in [6.07, 6.45) is 3.33. The molecule has 0 spiro atoms. The predicted octanol–water partition coefficient (Wildman–Crippen LogP) is 1.77. The van der Waals surface area contributed by atoms with Gasteiger partial charge in [0.25, 0.3) is 0 Å². The molecule has 1 aromatic heterocycles. The first-order valence-corrected chi connectivity index (χ1v) is 12.6. The Morgan fingerprint density at radius 1 is 1.08 bits per heavy atom. The molecule has 2 aliphatic rings. The van der Waals surface area contributed by atoms with E-state index in [9.17, 15) is 5.26 Å². The number of nitrogens with two attached hydrogens (primary N) is 1. The van der Waals surface area contributed by atoms with E-state index < -0.39 is 0 Å². The summed E-state index contributed by atoms with van der Waals surface area (Å²) in [6, 6.07) is 18.4. The highest BCUT2D eigenvalue weighted by atomic mass is 32.2. The van der Waals surface area contributed by atoms with Crippen LogP contribution in [0.5, 0.6) is 5.75 Å². The van der Waals surface area contributed by atoms with E-state index in [4.69, 9.17) is 19.6 Å². The first-order chi connectivity index (χ1) is 17.2. The SMILES string of the molecule is N#Cc1cc(-c2ccnc(Cc3ccc(N4CCOCC4)cc3)n2)ccc1OC1CCN(SN)C1.O.O. The average Bonchev–Trinajstić information content (AvgIpc) is 3.38. The van der Waals surface area contributed by atoms with Crippen LogP contribution >= 0.6 is 12.1 Å². The van der Waals surface area contributed by atoms with E-state index in [1.807, 2.05) is 24.3 Å². The Morgan fingerprint density at radius 2 is 1.86 bits per heavy atom. The molecule has 0 radical (unpaired) electrons. The molecule has 196 valence electrons. The Balaban J connectivity index is 0.00000190. The minimum Gasteiger partial charge on any atom is -0.488 e. The second kappa shape index (κ2) is 13.3. The standard InChI is InChI=1S/C26H28N6O2S.2H2O/c27-17-21-16-20(3-6-25(21)34-23-8-10-32(18-23)35-28)24-7-9-29-26(30-24)15-19-1-4-22(5-2-19)31-11-13-33-14-12-31;;/h1-7,9,16,23H,8,10-15,18,28H2;2*1H2. The third-order valence-corrected chi connectivity index (χ3v) is 6.96. The molecule has 6 N–H and O–H groups in total. The van der Waals surface area contributed by atoms with Crippen LogP contribution < -0.4 is 14.8 Å². The van der Waals surface area contributed by atoms with Crippen LogP contribution in [0.1, 0.15) is 23.4 Å². The van der Waals surface area contributed by atoms with Gasteiger partial charge in [0.05, 0.1) is 24.5 Å². The molecule has 3 aromatic rings. The number of hydrogen-bond donors (Lipinski definition) is 1. The van der Waals surface area contributed by atoms with Crippen molar-refractivity contribution in [3.8, 4) is 23.1 Å². The van der Waals surface area contributed by atoms with Crippen molar-refractivity contribution in [1.29, 1.82) is 5.26 Å². The van der Waals surface area contributed by atoms with Crippen molar-refractivity contribution in [3.05, 3.63) is 71.7 Å². The van der Waals surface area contributed by atoms with Gasteiger partial charge in [0.15, 0.2) is 0 Å². The van der Waals surface area contributed by atoms with Crippen LogP contribution in [-0.2, 0) is 11.2 Å². The van der Waals surface area contributed by atoms with Gasteiger partial charge in [0.2, 0.25) is 0 Å². The summed E-state index contributed by atoms with van der Waals surface area (Å²) in [7, 11) is 0. The van der Waals surface area contributed by atoms with E-state index in [1.54, 1.807) is 6.20 Å². The number of morpholine rings is 1. The smallest absolute Gasteiger partial charge is 0.137 e. The number of rotatable bonds is 7. The number of nitrogens with zero attached hydrogens (tertiary/aromatic N) is 5. The molecule has 1 atom stereocenters. The Morgan fingerprint density at radius 3 is 2.57 bits per heavy atom. The number of ether oxygens (including phenoxy) is 2. The van der Waals surface area contributed by atoms with Crippen molar-refractivity contribution >= 4 is 17.8 Å². The van der Waals surface area contributed by atoms with Crippen molar-refractivity contribution in [3.63, 3.8) is 0 Å². The maximum atomic E-state index is 9.72. The highest BCUT2D eigenvalue weighted by Crippen LogP contribution is 2.28. The fraction of sp³-hybridized carbons (Fsp3) is 0.346. The molecule has 0 aliphatic carbocycles. The van der Waals surface area contributed by atoms with E-state index in [-0.39, 0.29) is 17.1 Å². The van der Waals surface area contributed by atoms with Gasteiger partial charge >= 0.3 is 0 Å². The summed E-state index contributed by atoms with van der Waals surface area (Å²) in [5, 5.41) is 15.4. The molecule has 2 saturated heterocycles. The Labute approximate surface area is 220 Å². The lowest BCUT2D eigenvalue weighted by Crippen LogP contribution is -2.36. The lowest BCUT2D eigenvalue weighted by molar-refractivity contribution is 0.122. The van der Waals surface area contributed by atoms with Gasteiger partial charge in [-0.2, -0.15) is 5.26 Å². The van der Waals surface area contributed by atoms with Crippen LogP contribution in [0.4, 0.5) is 5.69 Å². The third kappa shape index (κ3) is 6.95. The van der Waals surface area contributed by atoms with E-state index >= 15 is 0 Å². The summed E-state index contributed by atoms with van der Waals surface area (Å²) >= 11 is 1.23. The number of nitriles is 1. The average molecular weight is 525 g/mol. The molecule has 5 rings (SSSR count). The van der Waals surface area contributed by atoms with Gasteiger partial charge in [-0.3, -0.25) is 5.14 Å². The first-order valence-electron chi connectivity index (χ1n) is 11.8. The van der Waals surface area contributed by atoms with Gasteiger partial charge < -0.3 is 25.3 Å². The molecule has 10 nitrogen and oxygen atoms in total. The van der Waals surface area contributed by atoms with E-state index in [0.717, 1.165) is 68.5 Å². The van der Waals surface area contributed by atoms with Gasteiger partial charge in [0.1, 0.15) is 23.7 Å². The molecule has 0 saturated carbocycles. The molecule has 3 heterocycles. The van der Waals surface area contributed by atoms with Crippen LogP contribution in [0.25, 0.3) is 11.3 Å². The van der Waals surface area contributed by atoms with Gasteiger partial charge in [0, 0.05) is 62.2 Å². The lowest BCUT2D eigenvalue weighted by Gasteiger charge is -2.28. The van der Waals surface area contributed by atoms with E-state index in [2.05, 4.69) is 44.5 Å². The van der Waals surface area contributed by atoms with Crippen LogP contribution in [0.2, 0.25) is 0 Å². The molecule has 11 heteroatoms. The molecule has 2 aliphatic heterocycles. The van der Waals surface area contributed by atoms with Crippen molar-refractivity contribution in [1.82, 2.24) is 14.3 Å². The molecule has 1 unspecified atom stereocenters. The predicted molar refractivity (Wildman–Crippen MR) is 144 cm³/mol. The second-order valence-electron chi connectivity index (χ2n) is 8.65. The second-order valence-corrected chi connectivity index (χ2v) is 9.37. The zero-order valence-corrected chi connectivity index (χ0v) is 21.3. The highest BCUT2D eigenvalue weighted by Gasteiger charge is 2.24. The van der Waals surface area contributed by atoms with Crippen molar-refractivity contribution in [2.45, 2.75) is 18.9 Å². The number of anilines is 1. The molecule has 0 amide bonds. The third-order valence-electron chi connectivity index (χ3n) is 6.33. The topological polar surface area (TPSA) is 164 Å². The molecular weight excluding hydrogens is 492 g/mol. The Kier molecular flexibility index (Phi) is 10.2. The molecule has 37 heavy (non-hydrogen) atoms. The fourth-order valence-electron chi connectivity index (χ4n) is 4.42. The quantitative estimate of drug-likeness (QED) is 0.454. The number of aromatic nitrogens is 2. The lowest BCUT2D eigenvalue weighted by atomic mass is 10.1. The van der Waals surface area contributed by atoms with Gasteiger partial charge in [-0.1, -0.05) is 12.1 Å². The fourth-order valence-corrected chi connectivity index (χ4v) is 4.89. The Hall–Kier alpha value is -3.24. The molecule has 0 bridgehead atoms. The normalized spacial score (nSPS) is 17.4. The summed E-state index contributed by atoms with van der Waals surface area (Å²) in [5.74, 6) is 1.34. The van der Waals surface area contributed by atoms with E-state index in [1.165, 1.54) is 17.8 Å². The highest BCUT2D eigenvalue weighted by molar-refractivity contribution is 7.94. The van der Waals surface area contributed by atoms with E-state index in [0.29, 0.717) is 17.7 Å². The molecule has 2 aromatic carbocycles. The molecule has 2 fully saturated rings. The number of benzene rings is 2. The van der Waals surface area contributed by atoms with Crippen molar-refractivity contribution in [2.75, 3.05) is 44.3 Å². The molecular formula is C26H32N6O4S. The van der Waals surface area contributed by atoms with Crippen molar-refractivity contribution < 1.29 is 20.4 Å². The monoisotopic (exact) mass is 524 g/mol. The number of hydrogen-bond acceptors (Lipinski definition) is 9. The van der Waals surface area contributed by atoms with Crippen LogP contribution in [0.3, 0.4) is 0 Å². The van der Waals surface area contributed by atoms with Gasteiger partial charge in [-0.25, -0.2) is 14.3 Å². The van der Waals surface area contributed by atoms with Crippen molar-refractivity contribution in [2.24, 2.45) is 5.14 Å². The summed E-state index contributed by atoms with van der Waals surface area (Å²) in [6.45, 7) is 5.02. The Bertz CT molecular complexity index is 1200. The van der Waals surface area contributed by atoms with Crippen LogP contribution in [0.15, 0.2) is 54.7 Å². The van der Waals surface area contributed by atoms with Gasteiger partial charge in [-0.05, 0) is 48.4 Å². The summed E-state index contributed by atoms with van der Waals surface area (Å²) < 4.78 is 13.6. The van der Waals surface area contributed by atoms with Crippen LogP contribution in [-0.4, -0.2) is 70.7 Å². The minimum atomic E-state index is 0.